The van der Waals surface area contributed by atoms with Crippen LogP contribution < -0.4 is 4.74 Å². The van der Waals surface area contributed by atoms with Gasteiger partial charge in [0.05, 0.1) is 11.1 Å². The van der Waals surface area contributed by atoms with E-state index in [2.05, 4.69) is 20.9 Å². The fourth-order valence-corrected chi connectivity index (χ4v) is 1.88. The summed E-state index contributed by atoms with van der Waals surface area (Å²) in [6, 6.07) is 5.71. The molecule has 6 nitrogen and oxygen atoms in total. The standard InChI is InChI=1S/C13H9BrN2O4/c1-8(17)9-2-3-13(12(4-9)16(18)19)20-11-5-10(14)6-15-7-11/h2-7H,1H3. The Morgan fingerprint density at radius 2 is 2.10 bits per heavy atom. The first-order valence-corrected chi connectivity index (χ1v) is 6.34. The van der Waals surface area contributed by atoms with E-state index in [0.717, 1.165) is 0 Å². The number of Topliss-reactive ketones (excluding diaryl/α,β-unsaturated/α-hetero) is 1. The summed E-state index contributed by atoms with van der Waals surface area (Å²) in [5.74, 6) is 0.168. The lowest BCUT2D eigenvalue weighted by Crippen LogP contribution is -1.98. The molecule has 1 aromatic heterocycles. The zero-order valence-corrected chi connectivity index (χ0v) is 12.0. The van der Waals surface area contributed by atoms with Crippen molar-refractivity contribution in [2.75, 3.05) is 0 Å². The third kappa shape index (κ3) is 3.18. The largest absolute Gasteiger partial charge is 0.448 e. The van der Waals surface area contributed by atoms with Crippen molar-refractivity contribution in [1.82, 2.24) is 4.98 Å². The lowest BCUT2D eigenvalue weighted by Gasteiger charge is -2.07. The number of nitrogens with zero attached hydrogens (tertiary/aromatic N) is 2. The molecule has 2 rings (SSSR count). The molecule has 1 aromatic carbocycles. The molecule has 7 heteroatoms. The maximum absolute atomic E-state index is 11.3. The molecule has 0 radical (unpaired) electrons. The van der Waals surface area contributed by atoms with Crippen LogP contribution in [-0.2, 0) is 0 Å². The molecule has 0 amide bonds. The number of rotatable bonds is 4. The Morgan fingerprint density at radius 1 is 1.35 bits per heavy atom. The van der Waals surface area contributed by atoms with Gasteiger partial charge in [-0.05, 0) is 41.1 Å². The Morgan fingerprint density at radius 3 is 2.70 bits per heavy atom. The predicted molar refractivity (Wildman–Crippen MR) is 75.1 cm³/mol. The van der Waals surface area contributed by atoms with Crippen LogP contribution in [0.2, 0.25) is 0 Å². The first kappa shape index (κ1) is 14.1. The van der Waals surface area contributed by atoms with Crippen LogP contribution in [0.4, 0.5) is 5.69 Å². The number of carbonyl (C=O) groups excluding carboxylic acids is 1. The van der Waals surface area contributed by atoms with E-state index in [1.807, 2.05) is 0 Å². The molecule has 0 aliphatic heterocycles. The van der Waals surface area contributed by atoms with E-state index in [1.165, 1.54) is 31.3 Å². The number of ketones is 1. The molecule has 102 valence electrons. The van der Waals surface area contributed by atoms with Crippen LogP contribution in [0.5, 0.6) is 11.5 Å². The molecule has 0 saturated heterocycles. The highest BCUT2D eigenvalue weighted by atomic mass is 79.9. The normalized spacial score (nSPS) is 10.1. The summed E-state index contributed by atoms with van der Waals surface area (Å²) in [5.41, 5.74) is -0.00547. The lowest BCUT2D eigenvalue weighted by atomic mass is 10.1. The highest BCUT2D eigenvalue weighted by molar-refractivity contribution is 9.10. The van der Waals surface area contributed by atoms with E-state index in [-0.39, 0.29) is 22.8 Å². The van der Waals surface area contributed by atoms with Crippen molar-refractivity contribution < 1.29 is 14.5 Å². The van der Waals surface area contributed by atoms with E-state index in [0.29, 0.717) is 10.2 Å². The van der Waals surface area contributed by atoms with Gasteiger partial charge in [-0.3, -0.25) is 19.9 Å². The minimum absolute atomic E-state index is 0.0555. The van der Waals surface area contributed by atoms with E-state index in [1.54, 1.807) is 12.3 Å². The summed E-state index contributed by atoms with van der Waals surface area (Å²) in [4.78, 5) is 25.6. The molecule has 0 bridgehead atoms. The van der Waals surface area contributed by atoms with Crippen LogP contribution in [-0.4, -0.2) is 15.7 Å². The smallest absolute Gasteiger partial charge is 0.312 e. The van der Waals surface area contributed by atoms with Gasteiger partial charge in [0.1, 0.15) is 5.75 Å². The van der Waals surface area contributed by atoms with Gasteiger partial charge in [0.2, 0.25) is 5.75 Å². The van der Waals surface area contributed by atoms with Gasteiger partial charge in [-0.1, -0.05) is 0 Å². The number of benzene rings is 1. The summed E-state index contributed by atoms with van der Waals surface area (Å²) in [5, 5.41) is 11.0. The molecule has 1 heterocycles. The van der Waals surface area contributed by atoms with Crippen LogP contribution in [0, 0.1) is 10.1 Å². The summed E-state index contributed by atoms with van der Waals surface area (Å²) in [7, 11) is 0. The zero-order chi connectivity index (χ0) is 14.7. The quantitative estimate of drug-likeness (QED) is 0.482. The minimum Gasteiger partial charge on any atom is -0.448 e. The first-order chi connectivity index (χ1) is 9.47. The second-order valence-electron chi connectivity index (χ2n) is 3.94. The molecule has 0 atom stereocenters. The zero-order valence-electron chi connectivity index (χ0n) is 10.4. The van der Waals surface area contributed by atoms with E-state index in [9.17, 15) is 14.9 Å². The molecule has 2 aromatic rings. The molecule has 0 aliphatic carbocycles. The van der Waals surface area contributed by atoms with Crippen molar-refractivity contribution in [2.45, 2.75) is 6.92 Å². The van der Waals surface area contributed by atoms with Crippen LogP contribution in [0.25, 0.3) is 0 Å². The fourth-order valence-electron chi connectivity index (χ4n) is 1.54. The van der Waals surface area contributed by atoms with Crippen LogP contribution in [0.15, 0.2) is 41.1 Å². The van der Waals surface area contributed by atoms with Gasteiger partial charge in [0.15, 0.2) is 5.78 Å². The summed E-state index contributed by atoms with van der Waals surface area (Å²) in [6.07, 6.45) is 3.01. The maximum Gasteiger partial charge on any atom is 0.312 e. The third-order valence-electron chi connectivity index (χ3n) is 2.47. The number of hydrogen-bond donors (Lipinski definition) is 0. The highest BCUT2D eigenvalue weighted by Crippen LogP contribution is 2.32. The lowest BCUT2D eigenvalue weighted by molar-refractivity contribution is -0.385. The number of nitro benzene ring substituents is 1. The van der Waals surface area contributed by atoms with Gasteiger partial charge in [-0.2, -0.15) is 0 Å². The average molecular weight is 337 g/mol. The minimum atomic E-state index is -0.590. The van der Waals surface area contributed by atoms with Gasteiger partial charge in [-0.15, -0.1) is 0 Å². The number of halogens is 1. The van der Waals surface area contributed by atoms with E-state index in [4.69, 9.17) is 4.74 Å². The Hall–Kier alpha value is -2.28. The fraction of sp³-hybridized carbons (Fsp3) is 0.0769. The van der Waals surface area contributed by atoms with Gasteiger partial charge in [0.25, 0.3) is 0 Å². The topological polar surface area (TPSA) is 82.3 Å². The van der Waals surface area contributed by atoms with Crippen molar-refractivity contribution in [3.05, 3.63) is 56.8 Å². The SMILES string of the molecule is CC(=O)c1ccc(Oc2cncc(Br)c2)c([N+](=O)[O-])c1. The molecular weight excluding hydrogens is 328 g/mol. The molecule has 0 saturated carbocycles. The van der Waals surface area contributed by atoms with Crippen molar-refractivity contribution >= 4 is 27.4 Å². The summed E-state index contributed by atoms with van der Waals surface area (Å²) in [6.45, 7) is 1.35. The molecule has 0 unspecified atom stereocenters. The van der Waals surface area contributed by atoms with Gasteiger partial charge in [-0.25, -0.2) is 0 Å². The Bertz CT molecular complexity index is 688. The molecule has 0 spiro atoms. The van der Waals surface area contributed by atoms with E-state index >= 15 is 0 Å². The molecule has 0 aliphatic rings. The van der Waals surface area contributed by atoms with Gasteiger partial charge in [0, 0.05) is 22.3 Å². The van der Waals surface area contributed by atoms with Crippen LogP contribution in [0.3, 0.4) is 0 Å². The summed E-state index contributed by atoms with van der Waals surface area (Å²) >= 11 is 3.23. The van der Waals surface area contributed by atoms with Gasteiger partial charge < -0.3 is 4.74 Å². The maximum atomic E-state index is 11.3. The van der Waals surface area contributed by atoms with Crippen molar-refractivity contribution in [3.8, 4) is 11.5 Å². The third-order valence-corrected chi connectivity index (χ3v) is 2.90. The number of hydrogen-bond acceptors (Lipinski definition) is 5. The molecule has 20 heavy (non-hydrogen) atoms. The Kier molecular flexibility index (Phi) is 4.09. The van der Waals surface area contributed by atoms with Crippen molar-refractivity contribution in [2.24, 2.45) is 0 Å². The molecular formula is C13H9BrN2O4. The van der Waals surface area contributed by atoms with Gasteiger partial charge >= 0.3 is 5.69 Å². The number of pyridine rings is 1. The number of aromatic nitrogens is 1. The second-order valence-corrected chi connectivity index (χ2v) is 4.85. The van der Waals surface area contributed by atoms with Crippen LogP contribution >= 0.6 is 15.9 Å². The van der Waals surface area contributed by atoms with Crippen molar-refractivity contribution in [3.63, 3.8) is 0 Å². The summed E-state index contributed by atoms with van der Waals surface area (Å²) < 4.78 is 6.13. The number of carbonyl (C=O) groups is 1. The number of nitro groups is 1. The number of ether oxygens (including phenoxy) is 1. The van der Waals surface area contributed by atoms with Crippen molar-refractivity contribution in [1.29, 1.82) is 0 Å². The van der Waals surface area contributed by atoms with E-state index < -0.39 is 4.92 Å². The molecule has 0 fully saturated rings. The monoisotopic (exact) mass is 336 g/mol. The second kappa shape index (κ2) is 5.79. The first-order valence-electron chi connectivity index (χ1n) is 5.55. The predicted octanol–water partition coefficient (Wildman–Crippen LogP) is 3.75. The van der Waals surface area contributed by atoms with Crippen LogP contribution in [0.1, 0.15) is 17.3 Å². The molecule has 0 N–H and O–H groups in total. The average Bonchev–Trinajstić information content (AvgIpc) is 2.38. The Balaban J connectivity index is 2.41. The Labute approximate surface area is 122 Å². The highest BCUT2D eigenvalue weighted by Gasteiger charge is 2.18.